The third-order valence-corrected chi connectivity index (χ3v) is 4.15. The van der Waals surface area contributed by atoms with Gasteiger partial charge in [-0.05, 0) is 19.1 Å². The maximum atomic E-state index is 5.77. The van der Waals surface area contributed by atoms with Crippen LogP contribution in [0.2, 0.25) is 0 Å². The summed E-state index contributed by atoms with van der Waals surface area (Å²) in [7, 11) is 1.67. The summed E-state index contributed by atoms with van der Waals surface area (Å²) < 4.78 is 5.17. The van der Waals surface area contributed by atoms with Crippen LogP contribution in [0.15, 0.2) is 24.4 Å². The van der Waals surface area contributed by atoms with Crippen molar-refractivity contribution in [3.05, 3.63) is 40.7 Å². The fraction of sp³-hybridized carbons (Fsp3) is 0.429. The standard InChI is InChI=1S/C14H20N4OS/c1-3-18(9-11-6-4-5-7-16-11)14-17-12(10-19-2)13(8-15)20-14/h4-7H,3,8-10,15H2,1-2H3. The van der Waals surface area contributed by atoms with E-state index in [4.69, 9.17) is 10.5 Å². The van der Waals surface area contributed by atoms with E-state index in [-0.39, 0.29) is 0 Å². The predicted molar refractivity (Wildman–Crippen MR) is 81.7 cm³/mol. The normalized spacial score (nSPS) is 10.8. The van der Waals surface area contributed by atoms with Crippen LogP contribution in [0.5, 0.6) is 0 Å². The minimum Gasteiger partial charge on any atom is -0.378 e. The average Bonchev–Trinajstić information content (AvgIpc) is 2.89. The zero-order chi connectivity index (χ0) is 14.4. The molecule has 0 saturated heterocycles. The van der Waals surface area contributed by atoms with Gasteiger partial charge in [0.25, 0.3) is 0 Å². The maximum absolute atomic E-state index is 5.77. The van der Waals surface area contributed by atoms with Crippen LogP contribution in [0, 0.1) is 0 Å². The highest BCUT2D eigenvalue weighted by Crippen LogP contribution is 2.27. The number of anilines is 1. The molecule has 0 atom stereocenters. The minimum absolute atomic E-state index is 0.498. The van der Waals surface area contributed by atoms with Crippen molar-refractivity contribution < 1.29 is 4.74 Å². The second-order valence-electron chi connectivity index (χ2n) is 4.34. The first-order valence-electron chi connectivity index (χ1n) is 6.60. The molecule has 0 aliphatic carbocycles. The minimum atomic E-state index is 0.498. The molecule has 0 aliphatic heterocycles. The molecule has 2 aromatic heterocycles. The van der Waals surface area contributed by atoms with Gasteiger partial charge in [0.15, 0.2) is 5.13 Å². The van der Waals surface area contributed by atoms with Crippen LogP contribution < -0.4 is 10.6 Å². The number of hydrogen-bond donors (Lipinski definition) is 1. The van der Waals surface area contributed by atoms with E-state index in [9.17, 15) is 0 Å². The number of hydrogen-bond acceptors (Lipinski definition) is 6. The van der Waals surface area contributed by atoms with Crippen LogP contribution in [-0.4, -0.2) is 23.6 Å². The number of rotatable bonds is 7. The van der Waals surface area contributed by atoms with Gasteiger partial charge in [-0.25, -0.2) is 4.98 Å². The molecule has 0 unspecified atom stereocenters. The van der Waals surface area contributed by atoms with E-state index < -0.39 is 0 Å². The van der Waals surface area contributed by atoms with E-state index >= 15 is 0 Å². The fourth-order valence-electron chi connectivity index (χ4n) is 1.92. The second kappa shape index (κ2) is 7.33. The zero-order valence-electron chi connectivity index (χ0n) is 11.9. The summed E-state index contributed by atoms with van der Waals surface area (Å²) in [5, 5.41) is 0.977. The zero-order valence-corrected chi connectivity index (χ0v) is 12.7. The Morgan fingerprint density at radius 2 is 2.25 bits per heavy atom. The van der Waals surface area contributed by atoms with Crippen LogP contribution in [-0.2, 0) is 24.4 Å². The van der Waals surface area contributed by atoms with Crippen molar-refractivity contribution >= 4 is 16.5 Å². The maximum Gasteiger partial charge on any atom is 0.186 e. The number of ether oxygens (including phenoxy) is 1. The summed E-state index contributed by atoms with van der Waals surface area (Å²) in [6.45, 7) is 4.74. The summed E-state index contributed by atoms with van der Waals surface area (Å²) in [5.41, 5.74) is 7.75. The van der Waals surface area contributed by atoms with Crippen molar-refractivity contribution in [2.45, 2.75) is 26.6 Å². The van der Waals surface area contributed by atoms with Crippen LogP contribution in [0.4, 0.5) is 5.13 Å². The molecular weight excluding hydrogens is 272 g/mol. The molecule has 0 fully saturated rings. The van der Waals surface area contributed by atoms with Gasteiger partial charge in [0.2, 0.25) is 0 Å². The summed E-state index contributed by atoms with van der Waals surface area (Å²) in [5.74, 6) is 0. The predicted octanol–water partition coefficient (Wildman–Crippen LogP) is 2.17. The van der Waals surface area contributed by atoms with Gasteiger partial charge in [0.05, 0.1) is 24.5 Å². The summed E-state index contributed by atoms with van der Waals surface area (Å²) in [6.07, 6.45) is 1.81. The SMILES string of the molecule is CCN(Cc1ccccn1)c1nc(COC)c(CN)s1. The Balaban J connectivity index is 2.18. The lowest BCUT2D eigenvalue weighted by molar-refractivity contribution is 0.181. The number of methoxy groups -OCH3 is 1. The van der Waals surface area contributed by atoms with Gasteiger partial charge in [0.1, 0.15) is 0 Å². The highest BCUT2D eigenvalue weighted by atomic mass is 32.1. The van der Waals surface area contributed by atoms with E-state index in [0.29, 0.717) is 13.2 Å². The Hall–Kier alpha value is -1.50. The quantitative estimate of drug-likeness (QED) is 0.847. The van der Waals surface area contributed by atoms with Crippen LogP contribution in [0.1, 0.15) is 23.2 Å². The largest absolute Gasteiger partial charge is 0.378 e. The number of thiazole rings is 1. The van der Waals surface area contributed by atoms with E-state index in [1.54, 1.807) is 18.4 Å². The van der Waals surface area contributed by atoms with Gasteiger partial charge < -0.3 is 15.4 Å². The van der Waals surface area contributed by atoms with Crippen LogP contribution >= 0.6 is 11.3 Å². The van der Waals surface area contributed by atoms with Gasteiger partial charge >= 0.3 is 0 Å². The molecule has 0 saturated carbocycles. The van der Waals surface area contributed by atoms with Gasteiger partial charge in [-0.2, -0.15) is 0 Å². The third kappa shape index (κ3) is 3.53. The molecule has 2 aromatic rings. The molecule has 0 spiro atoms. The first-order chi connectivity index (χ1) is 9.78. The Bertz CT molecular complexity index is 529. The Labute approximate surface area is 123 Å². The van der Waals surface area contributed by atoms with Crippen molar-refractivity contribution in [2.24, 2.45) is 5.73 Å². The smallest absolute Gasteiger partial charge is 0.186 e. The van der Waals surface area contributed by atoms with Crippen LogP contribution in [0.3, 0.4) is 0 Å². The Morgan fingerprint density at radius 1 is 1.40 bits per heavy atom. The lowest BCUT2D eigenvalue weighted by Crippen LogP contribution is -2.22. The van der Waals surface area contributed by atoms with E-state index in [2.05, 4.69) is 21.8 Å². The monoisotopic (exact) mass is 292 g/mol. The molecule has 20 heavy (non-hydrogen) atoms. The molecule has 0 radical (unpaired) electrons. The van der Waals surface area contributed by atoms with Crippen molar-refractivity contribution in [1.82, 2.24) is 9.97 Å². The Morgan fingerprint density at radius 3 is 2.85 bits per heavy atom. The lowest BCUT2D eigenvalue weighted by Gasteiger charge is -2.19. The molecule has 0 bridgehead atoms. The summed E-state index contributed by atoms with van der Waals surface area (Å²) >= 11 is 1.63. The van der Waals surface area contributed by atoms with Crippen LogP contribution in [0.25, 0.3) is 0 Å². The van der Waals surface area contributed by atoms with E-state index in [1.165, 1.54) is 0 Å². The lowest BCUT2D eigenvalue weighted by atomic mass is 10.3. The first kappa shape index (κ1) is 14.9. The molecule has 5 nitrogen and oxygen atoms in total. The molecule has 0 aromatic carbocycles. The topological polar surface area (TPSA) is 64.3 Å². The van der Waals surface area contributed by atoms with Gasteiger partial charge in [0, 0.05) is 31.3 Å². The van der Waals surface area contributed by atoms with Crippen molar-refractivity contribution in [2.75, 3.05) is 18.6 Å². The molecule has 2 heterocycles. The molecule has 6 heteroatoms. The molecular formula is C14H20N4OS. The number of nitrogens with zero attached hydrogens (tertiary/aromatic N) is 3. The third-order valence-electron chi connectivity index (χ3n) is 2.96. The molecule has 0 amide bonds. The number of nitrogens with two attached hydrogens (primary N) is 1. The average molecular weight is 292 g/mol. The van der Waals surface area contributed by atoms with Crippen molar-refractivity contribution in [3.8, 4) is 0 Å². The number of pyridine rings is 1. The summed E-state index contributed by atoms with van der Waals surface area (Å²) in [6, 6.07) is 5.95. The van der Waals surface area contributed by atoms with E-state index in [0.717, 1.165) is 34.5 Å². The van der Waals surface area contributed by atoms with Crippen molar-refractivity contribution in [1.29, 1.82) is 0 Å². The molecule has 2 N–H and O–H groups in total. The molecule has 108 valence electrons. The van der Waals surface area contributed by atoms with Gasteiger partial charge in [-0.1, -0.05) is 6.07 Å². The first-order valence-corrected chi connectivity index (χ1v) is 7.42. The summed E-state index contributed by atoms with van der Waals surface area (Å²) in [4.78, 5) is 12.3. The number of aromatic nitrogens is 2. The van der Waals surface area contributed by atoms with Gasteiger partial charge in [-0.15, -0.1) is 11.3 Å². The van der Waals surface area contributed by atoms with E-state index in [1.807, 2.05) is 24.4 Å². The van der Waals surface area contributed by atoms with Gasteiger partial charge in [-0.3, -0.25) is 4.98 Å². The van der Waals surface area contributed by atoms with Crippen molar-refractivity contribution in [3.63, 3.8) is 0 Å². The molecule has 2 rings (SSSR count). The second-order valence-corrected chi connectivity index (χ2v) is 5.40. The highest BCUT2D eigenvalue weighted by Gasteiger charge is 2.15. The highest BCUT2D eigenvalue weighted by molar-refractivity contribution is 7.15. The fourth-order valence-corrected chi connectivity index (χ4v) is 2.92. The Kier molecular flexibility index (Phi) is 5.46. The molecule has 0 aliphatic rings.